The third-order valence-corrected chi connectivity index (χ3v) is 7.13. The Morgan fingerprint density at radius 1 is 0.909 bits per heavy atom. The van der Waals surface area contributed by atoms with Gasteiger partial charge in [0.2, 0.25) is 0 Å². The Kier molecular flexibility index (Phi) is 6.23. The minimum atomic E-state index is 0.476. The van der Waals surface area contributed by atoms with Gasteiger partial charge < -0.3 is 9.64 Å². The van der Waals surface area contributed by atoms with Crippen molar-refractivity contribution in [3.8, 4) is 16.2 Å². The van der Waals surface area contributed by atoms with E-state index in [1.54, 1.807) is 11.3 Å². The summed E-state index contributed by atoms with van der Waals surface area (Å²) in [4.78, 5) is 8.79. The predicted molar refractivity (Wildman–Crippen MR) is 141 cm³/mol. The van der Waals surface area contributed by atoms with E-state index in [1.807, 2.05) is 79.1 Å². The summed E-state index contributed by atoms with van der Waals surface area (Å²) in [6, 6.07) is 26.0. The SMILES string of the molecule is C=C1N=CN(Cc2ccc(Cl)cc2)c2cc(-c3ccc(OCc4ccccc4)c(Cl)c3)sc21. The van der Waals surface area contributed by atoms with Crippen molar-refractivity contribution in [2.45, 2.75) is 13.2 Å². The van der Waals surface area contributed by atoms with Crippen LogP contribution >= 0.6 is 34.5 Å². The first kappa shape index (κ1) is 21.8. The molecule has 6 heteroatoms. The van der Waals surface area contributed by atoms with Crippen LogP contribution in [0.2, 0.25) is 10.0 Å². The second-order valence-electron chi connectivity index (χ2n) is 7.69. The number of rotatable bonds is 6. The zero-order valence-corrected chi connectivity index (χ0v) is 20.0. The lowest BCUT2D eigenvalue weighted by Gasteiger charge is -2.23. The Labute approximate surface area is 207 Å². The molecule has 0 spiro atoms. The molecule has 0 saturated heterocycles. The molecule has 2 heterocycles. The molecule has 0 radical (unpaired) electrons. The van der Waals surface area contributed by atoms with Crippen molar-refractivity contribution in [2.75, 3.05) is 4.90 Å². The second kappa shape index (κ2) is 9.44. The summed E-state index contributed by atoms with van der Waals surface area (Å²) in [7, 11) is 0. The summed E-state index contributed by atoms with van der Waals surface area (Å²) in [6.07, 6.45) is 1.84. The Bertz CT molecular complexity index is 1330. The van der Waals surface area contributed by atoms with E-state index in [0.29, 0.717) is 23.9 Å². The number of nitrogens with zero attached hydrogens (tertiary/aromatic N) is 2. The van der Waals surface area contributed by atoms with E-state index < -0.39 is 0 Å². The van der Waals surface area contributed by atoms with Crippen LogP contribution in [0.5, 0.6) is 5.75 Å². The monoisotopic (exact) mass is 490 g/mol. The van der Waals surface area contributed by atoms with Crippen molar-refractivity contribution in [2.24, 2.45) is 4.99 Å². The molecule has 0 N–H and O–H groups in total. The van der Waals surface area contributed by atoms with Gasteiger partial charge >= 0.3 is 0 Å². The summed E-state index contributed by atoms with van der Waals surface area (Å²) in [5, 5.41) is 1.31. The van der Waals surface area contributed by atoms with Gasteiger partial charge in [0.25, 0.3) is 0 Å². The molecule has 1 aliphatic rings. The molecule has 33 heavy (non-hydrogen) atoms. The Hall–Kier alpha value is -3.05. The zero-order chi connectivity index (χ0) is 22.8. The largest absolute Gasteiger partial charge is 0.487 e. The lowest BCUT2D eigenvalue weighted by atomic mass is 10.1. The highest BCUT2D eigenvalue weighted by molar-refractivity contribution is 7.17. The molecular weight excluding hydrogens is 471 g/mol. The predicted octanol–water partition coefficient (Wildman–Crippen LogP) is 8.32. The molecule has 0 atom stereocenters. The Morgan fingerprint density at radius 3 is 2.45 bits per heavy atom. The van der Waals surface area contributed by atoms with E-state index >= 15 is 0 Å². The molecule has 3 aromatic carbocycles. The highest BCUT2D eigenvalue weighted by Crippen LogP contribution is 2.43. The third-order valence-electron chi connectivity index (χ3n) is 5.36. The molecule has 4 aromatic rings. The number of aliphatic imine (C=N–C) groups is 1. The van der Waals surface area contributed by atoms with Gasteiger partial charge in [0.05, 0.1) is 27.6 Å². The van der Waals surface area contributed by atoms with Crippen LogP contribution in [0.15, 0.2) is 90.4 Å². The fourth-order valence-corrected chi connectivity index (χ4v) is 5.07. The molecule has 0 bridgehead atoms. The number of thiophene rings is 1. The van der Waals surface area contributed by atoms with Gasteiger partial charge in [-0.2, -0.15) is 0 Å². The van der Waals surface area contributed by atoms with Crippen molar-refractivity contribution in [3.05, 3.63) is 111 Å². The molecule has 1 aliphatic heterocycles. The van der Waals surface area contributed by atoms with Crippen LogP contribution in [0.4, 0.5) is 5.69 Å². The van der Waals surface area contributed by atoms with Gasteiger partial charge in [-0.25, -0.2) is 4.99 Å². The first-order valence-corrected chi connectivity index (χ1v) is 12.0. The number of anilines is 1. The number of fused-ring (bicyclic) bond motifs is 1. The van der Waals surface area contributed by atoms with Crippen molar-refractivity contribution in [1.29, 1.82) is 0 Å². The lowest BCUT2D eigenvalue weighted by Crippen LogP contribution is -2.23. The molecule has 0 saturated carbocycles. The van der Waals surface area contributed by atoms with Crippen molar-refractivity contribution in [1.82, 2.24) is 0 Å². The number of benzene rings is 3. The van der Waals surface area contributed by atoms with Crippen LogP contribution in [-0.4, -0.2) is 6.34 Å². The highest BCUT2D eigenvalue weighted by atomic mass is 35.5. The maximum Gasteiger partial charge on any atom is 0.138 e. The van der Waals surface area contributed by atoms with Crippen LogP contribution in [0, 0.1) is 0 Å². The van der Waals surface area contributed by atoms with E-state index in [0.717, 1.165) is 42.9 Å². The van der Waals surface area contributed by atoms with E-state index in [-0.39, 0.29) is 0 Å². The summed E-state index contributed by atoms with van der Waals surface area (Å²) >= 11 is 14.3. The van der Waals surface area contributed by atoms with Crippen molar-refractivity contribution >= 4 is 52.3 Å². The zero-order valence-electron chi connectivity index (χ0n) is 17.7. The summed E-state index contributed by atoms with van der Waals surface area (Å²) in [6.45, 7) is 5.30. The van der Waals surface area contributed by atoms with E-state index in [9.17, 15) is 0 Å². The van der Waals surface area contributed by atoms with E-state index in [2.05, 4.69) is 22.5 Å². The number of hydrogen-bond donors (Lipinski definition) is 0. The van der Waals surface area contributed by atoms with E-state index in [1.165, 1.54) is 0 Å². The maximum absolute atomic E-state index is 6.57. The number of hydrogen-bond acceptors (Lipinski definition) is 4. The van der Waals surface area contributed by atoms with Crippen LogP contribution in [0.25, 0.3) is 16.1 Å². The number of ether oxygens (including phenoxy) is 1. The van der Waals surface area contributed by atoms with Gasteiger partial charge in [-0.05, 0) is 53.1 Å². The molecular formula is C27H20Cl2N2OS. The Morgan fingerprint density at radius 2 is 1.70 bits per heavy atom. The number of halogens is 2. The summed E-state index contributed by atoms with van der Waals surface area (Å²) < 4.78 is 5.92. The first-order chi connectivity index (χ1) is 16.1. The molecule has 1 aromatic heterocycles. The van der Waals surface area contributed by atoms with E-state index in [4.69, 9.17) is 27.9 Å². The van der Waals surface area contributed by atoms with Gasteiger partial charge in [-0.1, -0.05) is 72.2 Å². The molecule has 0 aliphatic carbocycles. The fraction of sp³-hybridized carbons (Fsp3) is 0.0741. The topological polar surface area (TPSA) is 24.8 Å². The molecule has 5 rings (SSSR count). The fourth-order valence-electron chi connectivity index (χ4n) is 3.62. The quantitative estimate of drug-likeness (QED) is 0.271. The van der Waals surface area contributed by atoms with Gasteiger partial charge in [-0.3, -0.25) is 0 Å². The van der Waals surface area contributed by atoms with Gasteiger partial charge in [0, 0.05) is 16.4 Å². The standard InChI is InChI=1S/C27H20Cl2N2OS/c1-18-27-24(31(17-30-18)15-19-7-10-22(28)11-8-19)14-26(33-27)21-9-12-25(23(29)13-21)32-16-20-5-3-2-4-6-20/h2-14,17H,1,15-16H2. The lowest BCUT2D eigenvalue weighted by molar-refractivity contribution is 0.306. The minimum absolute atomic E-state index is 0.476. The smallest absolute Gasteiger partial charge is 0.138 e. The molecule has 0 unspecified atom stereocenters. The van der Waals surface area contributed by atoms with Crippen LogP contribution in [-0.2, 0) is 13.2 Å². The van der Waals surface area contributed by atoms with Crippen molar-refractivity contribution in [3.63, 3.8) is 0 Å². The molecule has 3 nitrogen and oxygen atoms in total. The Balaban J connectivity index is 1.37. The van der Waals surface area contributed by atoms with Gasteiger partial charge in [0.1, 0.15) is 12.4 Å². The molecule has 164 valence electrons. The summed E-state index contributed by atoms with van der Waals surface area (Å²) in [5.41, 5.74) is 5.14. The van der Waals surface area contributed by atoms with Crippen LogP contribution < -0.4 is 9.64 Å². The first-order valence-electron chi connectivity index (χ1n) is 10.4. The van der Waals surface area contributed by atoms with Gasteiger partial charge in [-0.15, -0.1) is 11.3 Å². The molecule has 0 amide bonds. The minimum Gasteiger partial charge on any atom is -0.487 e. The third kappa shape index (κ3) is 4.83. The van der Waals surface area contributed by atoms with Crippen LogP contribution in [0.1, 0.15) is 16.0 Å². The van der Waals surface area contributed by atoms with Crippen LogP contribution in [0.3, 0.4) is 0 Å². The average molecular weight is 491 g/mol. The highest BCUT2D eigenvalue weighted by Gasteiger charge is 2.21. The summed E-state index contributed by atoms with van der Waals surface area (Å²) in [5.74, 6) is 0.669. The molecule has 0 fully saturated rings. The van der Waals surface area contributed by atoms with Gasteiger partial charge in [0.15, 0.2) is 0 Å². The average Bonchev–Trinajstić information content (AvgIpc) is 3.29. The normalized spacial score (nSPS) is 12.7. The second-order valence-corrected chi connectivity index (χ2v) is 9.59. The van der Waals surface area contributed by atoms with Crippen molar-refractivity contribution < 1.29 is 4.74 Å². The maximum atomic E-state index is 6.57.